The first-order valence-electron chi connectivity index (χ1n) is 6.10. The molecule has 0 aliphatic carbocycles. The van der Waals surface area contributed by atoms with Gasteiger partial charge in [-0.1, -0.05) is 13.8 Å². The van der Waals surface area contributed by atoms with Gasteiger partial charge in [0.25, 0.3) is 11.6 Å². The van der Waals surface area contributed by atoms with Crippen molar-refractivity contribution >= 4 is 11.6 Å². The van der Waals surface area contributed by atoms with Crippen molar-refractivity contribution in [2.45, 2.75) is 19.9 Å². The Labute approximate surface area is 116 Å². The summed E-state index contributed by atoms with van der Waals surface area (Å²) in [7, 11) is 1.49. The Kier molecular flexibility index (Phi) is 5.57. The van der Waals surface area contributed by atoms with Gasteiger partial charge in [-0.25, -0.2) is 4.39 Å². The van der Waals surface area contributed by atoms with Crippen molar-refractivity contribution < 1.29 is 18.8 Å². The summed E-state index contributed by atoms with van der Waals surface area (Å²) in [6.45, 7) is 4.03. The average Bonchev–Trinajstić information content (AvgIpc) is 2.37. The van der Waals surface area contributed by atoms with Crippen LogP contribution in [0, 0.1) is 21.8 Å². The van der Waals surface area contributed by atoms with Crippen LogP contribution in [0.25, 0.3) is 0 Å². The highest BCUT2D eigenvalue weighted by Crippen LogP contribution is 2.20. The van der Waals surface area contributed by atoms with E-state index in [0.717, 1.165) is 18.2 Å². The van der Waals surface area contributed by atoms with Crippen molar-refractivity contribution in [1.82, 2.24) is 5.32 Å². The van der Waals surface area contributed by atoms with Crippen LogP contribution in [-0.4, -0.2) is 30.6 Å². The number of benzene rings is 1. The van der Waals surface area contributed by atoms with E-state index < -0.39 is 22.3 Å². The SMILES string of the molecule is COCC(NC(=O)c1cc(F)ccc1[N+](=O)[O-])C(C)C. The largest absolute Gasteiger partial charge is 0.383 e. The standard InChI is InChI=1S/C13H17FN2O4/c1-8(2)11(7-20-3)15-13(17)10-6-9(14)4-5-12(10)16(18)19/h4-6,8,11H,7H2,1-3H3,(H,15,17). The third kappa shape index (κ3) is 3.99. The molecule has 0 saturated carbocycles. The number of methoxy groups -OCH3 is 1. The summed E-state index contributed by atoms with van der Waals surface area (Å²) in [5.41, 5.74) is -0.722. The molecular weight excluding hydrogens is 267 g/mol. The van der Waals surface area contributed by atoms with Gasteiger partial charge in [0.1, 0.15) is 11.4 Å². The van der Waals surface area contributed by atoms with Gasteiger partial charge in [0, 0.05) is 13.2 Å². The van der Waals surface area contributed by atoms with E-state index in [9.17, 15) is 19.3 Å². The molecule has 7 heteroatoms. The number of nitro benzene ring substituents is 1. The molecule has 1 amide bonds. The number of nitrogens with one attached hydrogen (secondary N) is 1. The summed E-state index contributed by atoms with van der Waals surface area (Å²) in [6.07, 6.45) is 0. The molecule has 0 bridgehead atoms. The van der Waals surface area contributed by atoms with E-state index in [1.54, 1.807) is 0 Å². The van der Waals surface area contributed by atoms with E-state index in [2.05, 4.69) is 5.32 Å². The molecule has 0 spiro atoms. The zero-order valence-electron chi connectivity index (χ0n) is 11.6. The maximum absolute atomic E-state index is 13.2. The fourth-order valence-corrected chi connectivity index (χ4v) is 1.68. The van der Waals surface area contributed by atoms with Crippen molar-refractivity contribution in [1.29, 1.82) is 0 Å². The van der Waals surface area contributed by atoms with Crippen LogP contribution in [0.3, 0.4) is 0 Å². The molecular formula is C13H17FN2O4. The van der Waals surface area contributed by atoms with Gasteiger partial charge in [0.05, 0.1) is 17.6 Å². The quantitative estimate of drug-likeness (QED) is 0.641. The van der Waals surface area contributed by atoms with Gasteiger partial charge in [-0.05, 0) is 18.1 Å². The highest BCUT2D eigenvalue weighted by molar-refractivity contribution is 5.98. The summed E-state index contributed by atoms with van der Waals surface area (Å²) in [4.78, 5) is 22.2. The molecule has 1 rings (SSSR count). The zero-order valence-corrected chi connectivity index (χ0v) is 11.6. The number of nitro groups is 1. The minimum atomic E-state index is -0.713. The molecule has 110 valence electrons. The number of halogens is 1. The highest BCUT2D eigenvalue weighted by Gasteiger charge is 2.24. The fraction of sp³-hybridized carbons (Fsp3) is 0.462. The lowest BCUT2D eigenvalue weighted by Gasteiger charge is -2.21. The Morgan fingerprint density at radius 3 is 2.65 bits per heavy atom. The van der Waals surface area contributed by atoms with Gasteiger partial charge in [-0.3, -0.25) is 14.9 Å². The van der Waals surface area contributed by atoms with Crippen LogP contribution in [0.2, 0.25) is 0 Å². The summed E-state index contributed by atoms with van der Waals surface area (Å²) < 4.78 is 18.2. The predicted molar refractivity (Wildman–Crippen MR) is 71.0 cm³/mol. The van der Waals surface area contributed by atoms with Crippen molar-refractivity contribution in [3.05, 3.63) is 39.7 Å². The molecule has 1 atom stereocenters. The highest BCUT2D eigenvalue weighted by atomic mass is 19.1. The second-order valence-corrected chi connectivity index (χ2v) is 4.70. The van der Waals surface area contributed by atoms with E-state index >= 15 is 0 Å². The summed E-state index contributed by atoms with van der Waals surface area (Å²) in [5, 5.41) is 13.5. The topological polar surface area (TPSA) is 81.5 Å². The van der Waals surface area contributed by atoms with Gasteiger partial charge >= 0.3 is 0 Å². The Morgan fingerprint density at radius 2 is 2.15 bits per heavy atom. The van der Waals surface area contributed by atoms with Crippen LogP contribution in [0.1, 0.15) is 24.2 Å². The van der Waals surface area contributed by atoms with Crippen LogP contribution in [-0.2, 0) is 4.74 Å². The van der Waals surface area contributed by atoms with Crippen molar-refractivity contribution in [2.75, 3.05) is 13.7 Å². The molecule has 20 heavy (non-hydrogen) atoms. The van der Waals surface area contributed by atoms with Crippen molar-refractivity contribution in [3.8, 4) is 0 Å². The molecule has 0 aliphatic heterocycles. The smallest absolute Gasteiger partial charge is 0.282 e. The second-order valence-electron chi connectivity index (χ2n) is 4.70. The lowest BCUT2D eigenvalue weighted by atomic mass is 10.0. The van der Waals surface area contributed by atoms with Crippen LogP contribution < -0.4 is 5.32 Å². The number of nitrogens with zero attached hydrogens (tertiary/aromatic N) is 1. The molecule has 1 N–H and O–H groups in total. The molecule has 0 saturated heterocycles. The number of hydrogen-bond acceptors (Lipinski definition) is 4. The molecule has 6 nitrogen and oxygen atoms in total. The molecule has 1 aromatic rings. The number of rotatable bonds is 6. The number of amides is 1. The molecule has 0 aliphatic rings. The summed E-state index contributed by atoms with van der Waals surface area (Å²) in [5.74, 6) is -1.31. The molecule has 1 unspecified atom stereocenters. The lowest BCUT2D eigenvalue weighted by Crippen LogP contribution is -2.41. The van der Waals surface area contributed by atoms with Gasteiger partial charge in [0.15, 0.2) is 0 Å². The first kappa shape index (κ1) is 16.0. The number of hydrogen-bond donors (Lipinski definition) is 1. The van der Waals surface area contributed by atoms with Gasteiger partial charge in [-0.2, -0.15) is 0 Å². The average molecular weight is 284 g/mol. The van der Waals surface area contributed by atoms with E-state index in [1.165, 1.54) is 7.11 Å². The fourth-order valence-electron chi connectivity index (χ4n) is 1.68. The van der Waals surface area contributed by atoms with E-state index in [0.29, 0.717) is 0 Å². The maximum Gasteiger partial charge on any atom is 0.282 e. The van der Waals surface area contributed by atoms with Crippen molar-refractivity contribution in [3.63, 3.8) is 0 Å². The minimum Gasteiger partial charge on any atom is -0.383 e. The number of ether oxygens (including phenoxy) is 1. The second kappa shape index (κ2) is 6.95. The van der Waals surface area contributed by atoms with Gasteiger partial charge < -0.3 is 10.1 Å². The van der Waals surface area contributed by atoms with E-state index in [4.69, 9.17) is 4.74 Å². The maximum atomic E-state index is 13.2. The van der Waals surface area contributed by atoms with Crippen LogP contribution in [0.5, 0.6) is 0 Å². The lowest BCUT2D eigenvalue weighted by molar-refractivity contribution is -0.385. The zero-order chi connectivity index (χ0) is 15.3. The number of carbonyl (C=O) groups is 1. The van der Waals surface area contributed by atoms with Gasteiger partial charge in [0.2, 0.25) is 0 Å². The molecule has 0 aromatic heterocycles. The minimum absolute atomic E-state index is 0.0755. The Balaban J connectivity index is 3.02. The van der Waals surface area contributed by atoms with Gasteiger partial charge in [-0.15, -0.1) is 0 Å². The molecule has 0 radical (unpaired) electrons. The van der Waals surface area contributed by atoms with Crippen molar-refractivity contribution in [2.24, 2.45) is 5.92 Å². The summed E-state index contributed by atoms with van der Waals surface area (Å²) in [6, 6.07) is 2.47. The Morgan fingerprint density at radius 1 is 1.50 bits per heavy atom. The number of carbonyl (C=O) groups excluding carboxylic acids is 1. The van der Waals surface area contributed by atoms with Crippen LogP contribution in [0.15, 0.2) is 18.2 Å². The normalized spacial score (nSPS) is 12.2. The molecule has 0 fully saturated rings. The monoisotopic (exact) mass is 284 g/mol. The third-order valence-electron chi connectivity index (χ3n) is 2.87. The first-order chi connectivity index (χ1) is 9.36. The summed E-state index contributed by atoms with van der Waals surface area (Å²) >= 11 is 0. The first-order valence-corrected chi connectivity index (χ1v) is 6.10. The van der Waals surface area contributed by atoms with E-state index in [-0.39, 0.29) is 24.1 Å². The van der Waals surface area contributed by atoms with E-state index in [1.807, 2.05) is 13.8 Å². The Hall–Kier alpha value is -2.02. The Bertz CT molecular complexity index is 505. The molecule has 0 heterocycles. The predicted octanol–water partition coefficient (Wildman–Crippen LogP) is 2.13. The van der Waals surface area contributed by atoms with Crippen LogP contribution >= 0.6 is 0 Å². The third-order valence-corrected chi connectivity index (χ3v) is 2.87. The molecule has 1 aromatic carbocycles. The van der Waals surface area contributed by atoms with Crippen LogP contribution in [0.4, 0.5) is 10.1 Å².